The Morgan fingerprint density at radius 3 is 2.57 bits per heavy atom. The van der Waals surface area contributed by atoms with Crippen LogP contribution in [-0.4, -0.2) is 43.5 Å². The summed E-state index contributed by atoms with van der Waals surface area (Å²) in [4.78, 5) is 1.80. The smallest absolute Gasteiger partial charge is 0.251 e. The first-order valence-electron chi connectivity index (χ1n) is 4.89. The Kier molecular flexibility index (Phi) is 4.85. The lowest BCUT2D eigenvalue weighted by Gasteiger charge is -2.31. The van der Waals surface area contributed by atoms with Gasteiger partial charge in [-0.15, -0.1) is 6.42 Å². The number of nitrogens with zero attached hydrogens (tertiary/aromatic N) is 1. The van der Waals surface area contributed by atoms with Crippen LogP contribution in [-0.2, 0) is 0 Å². The van der Waals surface area contributed by atoms with E-state index in [2.05, 4.69) is 11.2 Å². The van der Waals surface area contributed by atoms with E-state index in [1.807, 2.05) is 0 Å². The SMILES string of the molecule is C#CCNC1CCN(CC(F)F)CC1. The van der Waals surface area contributed by atoms with Gasteiger partial charge in [-0.3, -0.25) is 4.90 Å². The van der Waals surface area contributed by atoms with E-state index in [4.69, 9.17) is 6.42 Å². The van der Waals surface area contributed by atoms with Crippen LogP contribution in [0, 0.1) is 12.3 Å². The summed E-state index contributed by atoms with van der Waals surface area (Å²) < 4.78 is 24.1. The van der Waals surface area contributed by atoms with Crippen molar-refractivity contribution in [3.8, 4) is 12.3 Å². The molecule has 1 rings (SSSR count). The maximum absolute atomic E-state index is 12.0. The van der Waals surface area contributed by atoms with Gasteiger partial charge in [-0.05, 0) is 25.9 Å². The van der Waals surface area contributed by atoms with Crippen LogP contribution in [0.2, 0.25) is 0 Å². The van der Waals surface area contributed by atoms with Gasteiger partial charge in [0.1, 0.15) is 0 Å². The number of alkyl halides is 2. The topological polar surface area (TPSA) is 15.3 Å². The summed E-state index contributed by atoms with van der Waals surface area (Å²) in [5, 5.41) is 3.19. The molecule has 4 heteroatoms. The molecule has 0 spiro atoms. The summed E-state index contributed by atoms with van der Waals surface area (Å²) in [7, 11) is 0. The molecule has 1 aliphatic heterocycles. The second-order valence-electron chi connectivity index (χ2n) is 3.55. The van der Waals surface area contributed by atoms with Crippen LogP contribution in [0.15, 0.2) is 0 Å². The summed E-state index contributed by atoms with van der Waals surface area (Å²) in [5.74, 6) is 2.51. The lowest BCUT2D eigenvalue weighted by Crippen LogP contribution is -2.44. The predicted octanol–water partition coefficient (Wildman–Crippen LogP) is 0.939. The molecule has 0 aromatic rings. The molecule has 0 aromatic carbocycles. The number of nitrogens with one attached hydrogen (secondary N) is 1. The molecule has 0 saturated carbocycles. The van der Waals surface area contributed by atoms with Gasteiger partial charge in [0.2, 0.25) is 0 Å². The standard InChI is InChI=1S/C10H16F2N2/c1-2-5-13-9-3-6-14(7-4-9)8-10(11)12/h1,9-10,13H,3-8H2. The zero-order valence-corrected chi connectivity index (χ0v) is 8.18. The van der Waals surface area contributed by atoms with Crippen LogP contribution in [0.25, 0.3) is 0 Å². The molecule has 80 valence electrons. The normalized spacial score (nSPS) is 19.9. The number of hydrogen-bond donors (Lipinski definition) is 1. The Hall–Kier alpha value is -0.660. The summed E-state index contributed by atoms with van der Waals surface area (Å²) >= 11 is 0. The molecule has 0 aliphatic carbocycles. The van der Waals surface area contributed by atoms with Crippen molar-refractivity contribution in [3.63, 3.8) is 0 Å². The third-order valence-corrected chi connectivity index (χ3v) is 2.48. The molecule has 1 N–H and O–H groups in total. The van der Waals surface area contributed by atoms with Crippen molar-refractivity contribution in [1.82, 2.24) is 10.2 Å². The molecule has 0 radical (unpaired) electrons. The zero-order valence-electron chi connectivity index (χ0n) is 8.18. The van der Waals surface area contributed by atoms with E-state index < -0.39 is 6.43 Å². The van der Waals surface area contributed by atoms with Crippen molar-refractivity contribution in [2.75, 3.05) is 26.2 Å². The van der Waals surface area contributed by atoms with Crippen molar-refractivity contribution in [1.29, 1.82) is 0 Å². The minimum atomic E-state index is -2.22. The highest BCUT2D eigenvalue weighted by molar-refractivity contribution is 4.89. The molecule has 1 aliphatic rings. The van der Waals surface area contributed by atoms with Crippen molar-refractivity contribution in [2.24, 2.45) is 0 Å². The Labute approximate surface area is 83.7 Å². The zero-order chi connectivity index (χ0) is 10.4. The van der Waals surface area contributed by atoms with E-state index in [0.717, 1.165) is 25.9 Å². The molecule has 0 atom stereocenters. The number of piperidine rings is 1. The van der Waals surface area contributed by atoms with Crippen molar-refractivity contribution >= 4 is 0 Å². The van der Waals surface area contributed by atoms with E-state index in [-0.39, 0.29) is 6.54 Å². The number of rotatable bonds is 4. The van der Waals surface area contributed by atoms with Crippen LogP contribution in [0.5, 0.6) is 0 Å². The molecule has 0 unspecified atom stereocenters. The van der Waals surface area contributed by atoms with E-state index in [9.17, 15) is 8.78 Å². The van der Waals surface area contributed by atoms with Gasteiger partial charge >= 0.3 is 0 Å². The lowest BCUT2D eigenvalue weighted by atomic mass is 10.1. The molecule has 1 fully saturated rings. The van der Waals surface area contributed by atoms with E-state index in [1.54, 1.807) is 4.90 Å². The fourth-order valence-corrected chi connectivity index (χ4v) is 1.72. The monoisotopic (exact) mass is 202 g/mol. The molecule has 2 nitrogen and oxygen atoms in total. The molecule has 0 aromatic heterocycles. The molecule has 0 bridgehead atoms. The third-order valence-electron chi connectivity index (χ3n) is 2.48. The van der Waals surface area contributed by atoms with E-state index in [1.165, 1.54) is 0 Å². The van der Waals surface area contributed by atoms with Crippen LogP contribution in [0.1, 0.15) is 12.8 Å². The average Bonchev–Trinajstić information content (AvgIpc) is 2.16. The highest BCUT2D eigenvalue weighted by atomic mass is 19.3. The first-order valence-corrected chi connectivity index (χ1v) is 4.89. The highest BCUT2D eigenvalue weighted by Gasteiger charge is 2.20. The maximum Gasteiger partial charge on any atom is 0.251 e. The summed E-state index contributed by atoms with van der Waals surface area (Å²) in [6.45, 7) is 1.96. The van der Waals surface area contributed by atoms with Gasteiger partial charge in [0.15, 0.2) is 0 Å². The highest BCUT2D eigenvalue weighted by Crippen LogP contribution is 2.11. The summed E-state index contributed by atoms with van der Waals surface area (Å²) in [5.41, 5.74) is 0. The quantitative estimate of drug-likeness (QED) is 0.682. The van der Waals surface area contributed by atoms with Gasteiger partial charge in [0.25, 0.3) is 6.43 Å². The van der Waals surface area contributed by atoms with Crippen molar-refractivity contribution < 1.29 is 8.78 Å². The van der Waals surface area contributed by atoms with Gasteiger partial charge in [-0.2, -0.15) is 0 Å². The second kappa shape index (κ2) is 5.94. The van der Waals surface area contributed by atoms with Crippen molar-refractivity contribution in [3.05, 3.63) is 0 Å². The Morgan fingerprint density at radius 2 is 2.07 bits per heavy atom. The van der Waals surface area contributed by atoms with Gasteiger partial charge in [0, 0.05) is 6.04 Å². The molecule has 0 amide bonds. The van der Waals surface area contributed by atoms with E-state index in [0.29, 0.717) is 12.6 Å². The van der Waals surface area contributed by atoms with Gasteiger partial charge < -0.3 is 5.32 Å². The third kappa shape index (κ3) is 4.03. The fourth-order valence-electron chi connectivity index (χ4n) is 1.72. The number of terminal acetylenes is 1. The van der Waals surface area contributed by atoms with Gasteiger partial charge in [-0.25, -0.2) is 8.78 Å². The molecule has 1 saturated heterocycles. The van der Waals surface area contributed by atoms with Gasteiger partial charge in [-0.1, -0.05) is 5.92 Å². The number of likely N-dealkylation sites (tertiary alicyclic amines) is 1. The van der Waals surface area contributed by atoms with Crippen LogP contribution >= 0.6 is 0 Å². The first-order chi connectivity index (χ1) is 6.72. The molecular weight excluding hydrogens is 186 g/mol. The Balaban J connectivity index is 2.15. The van der Waals surface area contributed by atoms with Crippen molar-refractivity contribution in [2.45, 2.75) is 25.3 Å². The minimum absolute atomic E-state index is 0.0954. The van der Waals surface area contributed by atoms with Gasteiger partial charge in [0.05, 0.1) is 13.1 Å². The largest absolute Gasteiger partial charge is 0.303 e. The van der Waals surface area contributed by atoms with Crippen LogP contribution in [0.4, 0.5) is 8.78 Å². The molecule has 14 heavy (non-hydrogen) atoms. The number of halogens is 2. The first kappa shape index (κ1) is 11.4. The summed E-state index contributed by atoms with van der Waals surface area (Å²) in [6.07, 6.45) is 4.72. The van der Waals surface area contributed by atoms with E-state index >= 15 is 0 Å². The number of hydrogen-bond acceptors (Lipinski definition) is 2. The minimum Gasteiger partial charge on any atom is -0.303 e. The second-order valence-corrected chi connectivity index (χ2v) is 3.55. The predicted molar refractivity (Wildman–Crippen MR) is 52.3 cm³/mol. The lowest BCUT2D eigenvalue weighted by molar-refractivity contribution is 0.0734. The van der Waals surface area contributed by atoms with Crippen LogP contribution < -0.4 is 5.32 Å². The average molecular weight is 202 g/mol. The maximum atomic E-state index is 12.0. The van der Waals surface area contributed by atoms with Crippen LogP contribution in [0.3, 0.4) is 0 Å². The molecular formula is C10H16F2N2. The summed E-state index contributed by atoms with van der Waals surface area (Å²) in [6, 6.07) is 0.403. The molecule has 1 heterocycles. The Morgan fingerprint density at radius 1 is 1.43 bits per heavy atom. The Bertz CT molecular complexity index is 193. The fraction of sp³-hybridized carbons (Fsp3) is 0.800.